The molecule has 3 N–H and O–H groups in total. The summed E-state index contributed by atoms with van der Waals surface area (Å²) in [5, 5.41) is 10.8. The van der Waals surface area contributed by atoms with Crippen LogP contribution in [0.5, 0.6) is 0 Å². The third-order valence-electron chi connectivity index (χ3n) is 2.34. The van der Waals surface area contributed by atoms with E-state index in [1.165, 1.54) is 0 Å². The number of piperidine rings is 1. The van der Waals surface area contributed by atoms with Crippen molar-refractivity contribution in [1.29, 1.82) is 0 Å². The largest absolute Gasteiger partial charge is 0.337 e. The number of rotatable bonds is 2. The van der Waals surface area contributed by atoms with Crippen molar-refractivity contribution in [1.82, 2.24) is 25.8 Å². The van der Waals surface area contributed by atoms with Crippen LogP contribution in [0.3, 0.4) is 0 Å². The van der Waals surface area contributed by atoms with Crippen LogP contribution in [0.4, 0.5) is 0 Å². The highest BCUT2D eigenvalue weighted by atomic mass is 16.2. The van der Waals surface area contributed by atoms with Gasteiger partial charge in [0, 0.05) is 6.42 Å². The Balaban J connectivity index is 1.99. The van der Waals surface area contributed by atoms with E-state index in [1.54, 1.807) is 6.92 Å². The van der Waals surface area contributed by atoms with Crippen molar-refractivity contribution in [3.8, 4) is 0 Å². The van der Waals surface area contributed by atoms with Crippen LogP contribution in [0.1, 0.15) is 29.3 Å². The number of aromatic amines is 1. The smallest absolute Gasteiger partial charge is 0.291 e. The SMILES string of the molecule is Cc1nc(C(=O)NC2CCC(=O)NC2=O)n[nH]1. The number of carbonyl (C=O) groups excluding carboxylic acids is 3. The molecule has 0 radical (unpaired) electrons. The van der Waals surface area contributed by atoms with Crippen molar-refractivity contribution in [2.45, 2.75) is 25.8 Å². The molecular formula is C9H11N5O3. The zero-order chi connectivity index (χ0) is 12.4. The summed E-state index contributed by atoms with van der Waals surface area (Å²) in [5.41, 5.74) is 0. The lowest BCUT2D eigenvalue weighted by molar-refractivity contribution is -0.134. The number of hydrogen-bond acceptors (Lipinski definition) is 5. The van der Waals surface area contributed by atoms with Crippen molar-refractivity contribution in [3.05, 3.63) is 11.6 Å². The van der Waals surface area contributed by atoms with Crippen molar-refractivity contribution < 1.29 is 14.4 Å². The molecule has 0 saturated carbocycles. The summed E-state index contributed by atoms with van der Waals surface area (Å²) in [4.78, 5) is 37.8. The molecule has 1 aliphatic heterocycles. The lowest BCUT2D eigenvalue weighted by atomic mass is 10.1. The monoisotopic (exact) mass is 237 g/mol. The molecule has 1 unspecified atom stereocenters. The average Bonchev–Trinajstić information content (AvgIpc) is 2.69. The number of carbonyl (C=O) groups is 3. The summed E-state index contributed by atoms with van der Waals surface area (Å²) >= 11 is 0. The molecule has 1 saturated heterocycles. The molecule has 2 rings (SSSR count). The normalized spacial score (nSPS) is 19.9. The molecule has 1 aromatic rings. The van der Waals surface area contributed by atoms with Gasteiger partial charge in [0.1, 0.15) is 11.9 Å². The number of aromatic nitrogens is 3. The van der Waals surface area contributed by atoms with Crippen molar-refractivity contribution in [2.24, 2.45) is 0 Å². The van der Waals surface area contributed by atoms with Gasteiger partial charge in [0.05, 0.1) is 0 Å². The molecule has 1 aromatic heterocycles. The molecule has 3 amide bonds. The zero-order valence-corrected chi connectivity index (χ0v) is 9.11. The van der Waals surface area contributed by atoms with E-state index in [2.05, 4.69) is 25.8 Å². The Morgan fingerprint density at radius 1 is 1.47 bits per heavy atom. The van der Waals surface area contributed by atoms with E-state index in [1.807, 2.05) is 0 Å². The third kappa shape index (κ3) is 2.47. The second-order valence-corrected chi connectivity index (χ2v) is 3.72. The summed E-state index contributed by atoms with van der Waals surface area (Å²) in [6.45, 7) is 1.66. The molecule has 2 heterocycles. The maximum absolute atomic E-state index is 11.6. The van der Waals surface area contributed by atoms with Gasteiger partial charge in [0.2, 0.25) is 17.6 Å². The number of nitrogens with one attached hydrogen (secondary N) is 3. The Morgan fingerprint density at radius 2 is 2.24 bits per heavy atom. The summed E-state index contributed by atoms with van der Waals surface area (Å²) in [6.07, 6.45) is 0.503. The zero-order valence-electron chi connectivity index (χ0n) is 9.11. The second kappa shape index (κ2) is 4.32. The minimum atomic E-state index is -0.709. The fourth-order valence-corrected chi connectivity index (χ4v) is 1.50. The first-order valence-electron chi connectivity index (χ1n) is 5.10. The summed E-state index contributed by atoms with van der Waals surface area (Å²) in [7, 11) is 0. The summed E-state index contributed by atoms with van der Waals surface area (Å²) in [6, 6.07) is -0.709. The first kappa shape index (κ1) is 11.2. The molecule has 1 atom stereocenters. The molecule has 0 bridgehead atoms. The van der Waals surface area contributed by atoms with E-state index in [4.69, 9.17) is 0 Å². The predicted octanol–water partition coefficient (Wildman–Crippen LogP) is -1.35. The van der Waals surface area contributed by atoms with Crippen LogP contribution in [0.15, 0.2) is 0 Å². The van der Waals surface area contributed by atoms with E-state index in [-0.39, 0.29) is 18.2 Å². The fourth-order valence-electron chi connectivity index (χ4n) is 1.50. The number of imide groups is 1. The van der Waals surface area contributed by atoms with E-state index in [0.29, 0.717) is 12.2 Å². The van der Waals surface area contributed by atoms with Crippen molar-refractivity contribution in [3.63, 3.8) is 0 Å². The van der Waals surface area contributed by atoms with Gasteiger partial charge in [-0.15, -0.1) is 5.10 Å². The topological polar surface area (TPSA) is 117 Å². The molecular weight excluding hydrogens is 226 g/mol. The quantitative estimate of drug-likeness (QED) is 0.550. The first-order valence-corrected chi connectivity index (χ1v) is 5.10. The van der Waals surface area contributed by atoms with Gasteiger partial charge in [-0.3, -0.25) is 24.8 Å². The summed E-state index contributed by atoms with van der Waals surface area (Å²) < 4.78 is 0. The van der Waals surface area contributed by atoms with Crippen LogP contribution in [0.2, 0.25) is 0 Å². The van der Waals surface area contributed by atoms with E-state index < -0.39 is 17.9 Å². The van der Waals surface area contributed by atoms with Crippen LogP contribution in [0, 0.1) is 6.92 Å². The van der Waals surface area contributed by atoms with Gasteiger partial charge < -0.3 is 5.32 Å². The molecule has 0 spiro atoms. The molecule has 0 aliphatic carbocycles. The average molecular weight is 237 g/mol. The Kier molecular flexibility index (Phi) is 2.86. The first-order chi connectivity index (χ1) is 8.06. The third-order valence-corrected chi connectivity index (χ3v) is 2.34. The lowest BCUT2D eigenvalue weighted by Crippen LogP contribution is -2.52. The van der Waals surface area contributed by atoms with E-state index >= 15 is 0 Å². The maximum Gasteiger partial charge on any atom is 0.291 e. The highest BCUT2D eigenvalue weighted by Crippen LogP contribution is 2.05. The molecule has 1 aliphatic rings. The van der Waals surface area contributed by atoms with Gasteiger partial charge >= 0.3 is 0 Å². The number of aryl methyl sites for hydroxylation is 1. The van der Waals surface area contributed by atoms with Crippen molar-refractivity contribution >= 4 is 17.7 Å². The van der Waals surface area contributed by atoms with Gasteiger partial charge in [-0.05, 0) is 13.3 Å². The van der Waals surface area contributed by atoms with E-state index in [0.717, 1.165) is 0 Å². The minimum absolute atomic E-state index is 0.0211. The number of nitrogens with zero attached hydrogens (tertiary/aromatic N) is 2. The molecule has 17 heavy (non-hydrogen) atoms. The maximum atomic E-state index is 11.6. The van der Waals surface area contributed by atoms with Gasteiger partial charge in [0.15, 0.2) is 0 Å². The van der Waals surface area contributed by atoms with Gasteiger partial charge in [-0.1, -0.05) is 0 Å². The Morgan fingerprint density at radius 3 is 2.82 bits per heavy atom. The van der Waals surface area contributed by atoms with Crippen LogP contribution in [-0.2, 0) is 9.59 Å². The minimum Gasteiger partial charge on any atom is -0.337 e. The Hall–Kier alpha value is -2.25. The van der Waals surface area contributed by atoms with Gasteiger partial charge in [0.25, 0.3) is 5.91 Å². The summed E-state index contributed by atoms with van der Waals surface area (Å²) in [5.74, 6) is -0.870. The van der Waals surface area contributed by atoms with Crippen molar-refractivity contribution in [2.75, 3.05) is 0 Å². The number of H-pyrrole nitrogens is 1. The number of amides is 3. The fraction of sp³-hybridized carbons (Fsp3) is 0.444. The van der Waals surface area contributed by atoms with Gasteiger partial charge in [-0.2, -0.15) is 0 Å². The molecule has 8 nitrogen and oxygen atoms in total. The van der Waals surface area contributed by atoms with Crippen LogP contribution in [0.25, 0.3) is 0 Å². The molecule has 0 aromatic carbocycles. The highest BCUT2D eigenvalue weighted by Gasteiger charge is 2.28. The van der Waals surface area contributed by atoms with E-state index in [9.17, 15) is 14.4 Å². The Labute approximate surface area is 96.2 Å². The van der Waals surface area contributed by atoms with Crippen LogP contribution < -0.4 is 10.6 Å². The second-order valence-electron chi connectivity index (χ2n) is 3.72. The van der Waals surface area contributed by atoms with Crippen LogP contribution >= 0.6 is 0 Å². The number of hydrogen-bond donors (Lipinski definition) is 3. The standard InChI is InChI=1S/C9H11N5O3/c1-4-10-7(14-13-4)9(17)11-5-2-3-6(15)12-8(5)16/h5H,2-3H2,1H3,(H,11,17)(H,10,13,14)(H,12,15,16). The lowest BCUT2D eigenvalue weighted by Gasteiger charge is -2.20. The molecule has 1 fully saturated rings. The highest BCUT2D eigenvalue weighted by molar-refractivity contribution is 6.02. The van der Waals surface area contributed by atoms with Crippen LogP contribution in [-0.4, -0.2) is 38.9 Å². The predicted molar refractivity (Wildman–Crippen MR) is 54.8 cm³/mol. The molecule has 90 valence electrons. The molecule has 8 heteroatoms. The van der Waals surface area contributed by atoms with Gasteiger partial charge in [-0.25, -0.2) is 4.98 Å². The Bertz CT molecular complexity index is 481.